The molecule has 3 N–H and O–H groups in total. The zero-order valence-electron chi connectivity index (χ0n) is 7.25. The summed E-state index contributed by atoms with van der Waals surface area (Å²) >= 11 is 0. The Balaban J connectivity index is 2.30. The Kier molecular flexibility index (Phi) is 2.06. The Morgan fingerprint density at radius 3 is 3.08 bits per heavy atom. The van der Waals surface area contributed by atoms with E-state index in [1.165, 1.54) is 0 Å². The molecule has 0 amide bonds. The summed E-state index contributed by atoms with van der Waals surface area (Å²) in [5, 5.41) is 0. The van der Waals surface area contributed by atoms with E-state index in [1.54, 1.807) is 12.3 Å². The lowest BCUT2D eigenvalue weighted by molar-refractivity contribution is 0.194. The first-order valence-corrected chi connectivity index (χ1v) is 4.33. The van der Waals surface area contributed by atoms with Crippen molar-refractivity contribution in [1.82, 2.24) is 4.98 Å². The molecule has 1 aliphatic rings. The van der Waals surface area contributed by atoms with Crippen LogP contribution in [0.3, 0.4) is 0 Å². The maximum atomic E-state index is 11.0. The van der Waals surface area contributed by atoms with Crippen LogP contribution in [0.5, 0.6) is 0 Å². The van der Waals surface area contributed by atoms with Crippen LogP contribution in [0.2, 0.25) is 0 Å². The highest BCUT2D eigenvalue weighted by atomic mass is 16.5. The monoisotopic (exact) mass is 180 g/mol. The second kappa shape index (κ2) is 3.22. The van der Waals surface area contributed by atoms with Crippen molar-refractivity contribution < 1.29 is 4.74 Å². The minimum Gasteiger partial charge on any atom is -0.394 e. The van der Waals surface area contributed by atoms with Gasteiger partial charge in [0.25, 0.3) is 5.56 Å². The van der Waals surface area contributed by atoms with Crippen molar-refractivity contribution in [3.8, 4) is 0 Å². The first kappa shape index (κ1) is 8.31. The van der Waals surface area contributed by atoms with Crippen molar-refractivity contribution in [2.45, 2.75) is 12.3 Å². The number of hydrogen-bond donors (Lipinski definition) is 2. The molecule has 0 spiro atoms. The normalized spacial score (nSPS) is 22.0. The SMILES string of the molecule is Nc1cc(C2CCOC2)c[nH]c1=O. The lowest BCUT2D eigenvalue weighted by Gasteiger charge is -2.07. The summed E-state index contributed by atoms with van der Waals surface area (Å²) < 4.78 is 5.25. The molecule has 0 saturated carbocycles. The van der Waals surface area contributed by atoms with E-state index < -0.39 is 0 Å². The molecule has 1 atom stereocenters. The van der Waals surface area contributed by atoms with Gasteiger partial charge in [-0.2, -0.15) is 0 Å². The van der Waals surface area contributed by atoms with Gasteiger partial charge in [-0.25, -0.2) is 0 Å². The van der Waals surface area contributed by atoms with Crippen molar-refractivity contribution in [2.24, 2.45) is 0 Å². The van der Waals surface area contributed by atoms with Gasteiger partial charge in [0.15, 0.2) is 0 Å². The fraction of sp³-hybridized carbons (Fsp3) is 0.444. The third kappa shape index (κ3) is 1.58. The van der Waals surface area contributed by atoms with E-state index in [9.17, 15) is 4.79 Å². The zero-order chi connectivity index (χ0) is 9.26. The summed E-state index contributed by atoms with van der Waals surface area (Å²) in [4.78, 5) is 13.6. The zero-order valence-corrected chi connectivity index (χ0v) is 7.25. The molecule has 0 aromatic carbocycles. The van der Waals surface area contributed by atoms with Gasteiger partial charge in [0.05, 0.1) is 12.3 Å². The van der Waals surface area contributed by atoms with Crippen molar-refractivity contribution >= 4 is 5.69 Å². The molecule has 0 radical (unpaired) electrons. The van der Waals surface area contributed by atoms with Crippen LogP contribution in [0.4, 0.5) is 5.69 Å². The third-order valence-electron chi connectivity index (χ3n) is 2.36. The molecule has 1 aromatic heterocycles. The summed E-state index contributed by atoms with van der Waals surface area (Å²) in [6, 6.07) is 1.73. The number of aromatic nitrogens is 1. The van der Waals surface area contributed by atoms with E-state index in [0.29, 0.717) is 5.92 Å². The Labute approximate surface area is 75.7 Å². The van der Waals surface area contributed by atoms with Crippen LogP contribution in [0.1, 0.15) is 17.9 Å². The number of hydrogen-bond acceptors (Lipinski definition) is 3. The van der Waals surface area contributed by atoms with E-state index in [4.69, 9.17) is 10.5 Å². The molecule has 4 nitrogen and oxygen atoms in total. The topological polar surface area (TPSA) is 68.1 Å². The van der Waals surface area contributed by atoms with E-state index >= 15 is 0 Å². The molecule has 1 fully saturated rings. The highest BCUT2D eigenvalue weighted by Crippen LogP contribution is 2.24. The second-order valence-corrected chi connectivity index (χ2v) is 3.28. The highest BCUT2D eigenvalue weighted by Gasteiger charge is 2.18. The number of nitrogens with one attached hydrogen (secondary N) is 1. The van der Waals surface area contributed by atoms with Crippen LogP contribution >= 0.6 is 0 Å². The maximum absolute atomic E-state index is 11.0. The smallest absolute Gasteiger partial charge is 0.271 e. The van der Waals surface area contributed by atoms with Crippen LogP contribution in [-0.4, -0.2) is 18.2 Å². The predicted molar refractivity (Wildman–Crippen MR) is 49.7 cm³/mol. The lowest BCUT2D eigenvalue weighted by atomic mass is 10.0. The summed E-state index contributed by atoms with van der Waals surface area (Å²) in [7, 11) is 0. The van der Waals surface area contributed by atoms with Gasteiger partial charge in [0, 0.05) is 18.7 Å². The molecule has 1 unspecified atom stereocenters. The molecule has 1 aliphatic heterocycles. The number of pyridine rings is 1. The highest BCUT2D eigenvalue weighted by molar-refractivity contribution is 5.38. The van der Waals surface area contributed by atoms with Crippen LogP contribution in [0.15, 0.2) is 17.1 Å². The fourth-order valence-corrected chi connectivity index (χ4v) is 1.55. The summed E-state index contributed by atoms with van der Waals surface area (Å²) in [5.41, 5.74) is 6.63. The van der Waals surface area contributed by atoms with Crippen LogP contribution in [0, 0.1) is 0 Å². The average molecular weight is 180 g/mol. The number of H-pyrrole nitrogens is 1. The van der Waals surface area contributed by atoms with Crippen molar-refractivity contribution in [3.05, 3.63) is 28.2 Å². The third-order valence-corrected chi connectivity index (χ3v) is 2.36. The quantitative estimate of drug-likeness (QED) is 0.659. The predicted octanol–water partition coefficient (Wildman–Crippen LogP) is 0.461. The Bertz CT molecular complexity index is 353. The molecule has 4 heteroatoms. The summed E-state index contributed by atoms with van der Waals surface area (Å²) in [6.45, 7) is 1.52. The average Bonchev–Trinajstić information content (AvgIpc) is 2.62. The van der Waals surface area contributed by atoms with Crippen molar-refractivity contribution in [3.63, 3.8) is 0 Å². The minimum absolute atomic E-state index is 0.220. The standard InChI is InChI=1S/C9H12N2O2/c10-8-3-7(4-11-9(8)12)6-1-2-13-5-6/h3-4,6H,1-2,5,10H2,(H,11,12). The van der Waals surface area contributed by atoms with Crippen LogP contribution in [-0.2, 0) is 4.74 Å². The number of nitrogens with two attached hydrogens (primary N) is 1. The maximum Gasteiger partial charge on any atom is 0.271 e. The van der Waals surface area contributed by atoms with Gasteiger partial charge >= 0.3 is 0 Å². The van der Waals surface area contributed by atoms with Crippen molar-refractivity contribution in [2.75, 3.05) is 18.9 Å². The Morgan fingerprint density at radius 2 is 2.46 bits per heavy atom. The molecule has 0 aliphatic carbocycles. The van der Waals surface area contributed by atoms with E-state index in [0.717, 1.165) is 25.2 Å². The van der Waals surface area contributed by atoms with Gasteiger partial charge in [-0.05, 0) is 18.1 Å². The number of rotatable bonds is 1. The van der Waals surface area contributed by atoms with Crippen molar-refractivity contribution in [1.29, 1.82) is 0 Å². The number of ether oxygens (including phenoxy) is 1. The molecule has 1 aromatic rings. The van der Waals surface area contributed by atoms with E-state index in [-0.39, 0.29) is 11.2 Å². The number of nitrogen functional groups attached to an aromatic ring is 1. The largest absolute Gasteiger partial charge is 0.394 e. The first-order chi connectivity index (χ1) is 6.27. The van der Waals surface area contributed by atoms with Crippen LogP contribution < -0.4 is 11.3 Å². The van der Waals surface area contributed by atoms with Gasteiger partial charge in [-0.15, -0.1) is 0 Å². The van der Waals surface area contributed by atoms with Gasteiger partial charge in [0.2, 0.25) is 0 Å². The molecule has 2 heterocycles. The molecular weight excluding hydrogens is 168 g/mol. The Morgan fingerprint density at radius 1 is 1.62 bits per heavy atom. The van der Waals surface area contributed by atoms with Gasteiger partial charge in [-0.1, -0.05) is 0 Å². The molecule has 13 heavy (non-hydrogen) atoms. The Hall–Kier alpha value is -1.29. The van der Waals surface area contributed by atoms with Gasteiger partial charge < -0.3 is 15.5 Å². The molecule has 2 rings (SSSR count). The molecule has 70 valence electrons. The minimum atomic E-state index is -0.220. The second-order valence-electron chi connectivity index (χ2n) is 3.28. The molecule has 0 bridgehead atoms. The summed E-state index contributed by atoms with van der Waals surface area (Å²) in [5.74, 6) is 0.388. The molecular formula is C9H12N2O2. The van der Waals surface area contributed by atoms with Gasteiger partial charge in [-0.3, -0.25) is 4.79 Å². The molecule has 1 saturated heterocycles. The van der Waals surface area contributed by atoms with E-state index in [1.807, 2.05) is 0 Å². The lowest BCUT2D eigenvalue weighted by Crippen LogP contribution is -2.12. The number of anilines is 1. The fourth-order valence-electron chi connectivity index (χ4n) is 1.55. The van der Waals surface area contributed by atoms with E-state index in [2.05, 4.69) is 4.98 Å². The first-order valence-electron chi connectivity index (χ1n) is 4.33. The van der Waals surface area contributed by atoms with Gasteiger partial charge in [0.1, 0.15) is 0 Å². The number of aromatic amines is 1. The van der Waals surface area contributed by atoms with Crippen LogP contribution in [0.25, 0.3) is 0 Å². The summed E-state index contributed by atoms with van der Waals surface area (Å²) in [6.07, 6.45) is 2.73.